The summed E-state index contributed by atoms with van der Waals surface area (Å²) in [6.07, 6.45) is 2.53. The van der Waals surface area contributed by atoms with E-state index in [1.54, 1.807) is 0 Å². The van der Waals surface area contributed by atoms with E-state index in [0.717, 1.165) is 23.5 Å². The lowest BCUT2D eigenvalue weighted by Gasteiger charge is -2.25. The molecule has 1 aliphatic rings. The summed E-state index contributed by atoms with van der Waals surface area (Å²) in [4.78, 5) is 2.59. The van der Waals surface area contributed by atoms with Crippen LogP contribution in [-0.4, -0.2) is 30.6 Å². The van der Waals surface area contributed by atoms with Gasteiger partial charge in [-0.1, -0.05) is 41.9 Å². The van der Waals surface area contributed by atoms with Crippen LogP contribution in [0, 0.1) is 5.92 Å². The molecule has 1 heterocycles. The normalized spacial score (nSPS) is 21.6. The highest BCUT2D eigenvalue weighted by Crippen LogP contribution is 2.15. The molecule has 106 valence electrons. The fraction of sp³-hybridized carbons (Fsp3) is 0.625. The molecule has 1 atom stereocenters. The van der Waals surface area contributed by atoms with Gasteiger partial charge in [-0.15, -0.1) is 0 Å². The van der Waals surface area contributed by atoms with Gasteiger partial charge in [0.05, 0.1) is 0 Å². The van der Waals surface area contributed by atoms with E-state index < -0.39 is 0 Å². The van der Waals surface area contributed by atoms with Gasteiger partial charge in [0.2, 0.25) is 0 Å². The number of nitrogens with one attached hydrogen (secondary N) is 1. The van der Waals surface area contributed by atoms with Gasteiger partial charge in [-0.3, -0.25) is 4.90 Å². The monoisotopic (exact) mass is 324 g/mol. The highest BCUT2D eigenvalue weighted by Gasteiger charge is 2.18. The molecule has 1 aromatic carbocycles. The first-order valence-corrected chi connectivity index (χ1v) is 8.13. The summed E-state index contributed by atoms with van der Waals surface area (Å²) in [7, 11) is 0. The van der Waals surface area contributed by atoms with Crippen molar-refractivity contribution < 1.29 is 0 Å². The zero-order chi connectivity index (χ0) is 13.7. The highest BCUT2D eigenvalue weighted by atomic mass is 79.9. The Morgan fingerprint density at radius 3 is 2.74 bits per heavy atom. The fourth-order valence-corrected chi connectivity index (χ4v) is 3.06. The Kier molecular flexibility index (Phi) is 5.86. The van der Waals surface area contributed by atoms with Crippen molar-refractivity contribution in [2.75, 3.05) is 19.6 Å². The second-order valence-corrected chi connectivity index (χ2v) is 6.91. The molecular weight excluding hydrogens is 300 g/mol. The molecule has 0 unspecified atom stereocenters. The van der Waals surface area contributed by atoms with Crippen LogP contribution in [0.25, 0.3) is 0 Å². The van der Waals surface area contributed by atoms with E-state index in [1.165, 1.54) is 31.5 Å². The standard InChI is InChI=1S/C16H25BrN2/c1-13(2)10-16-12-19(9-3-8-18-16)11-14-4-6-15(17)7-5-14/h4-7,13,16,18H,3,8-12H2,1-2H3/t16-/m0/s1. The summed E-state index contributed by atoms with van der Waals surface area (Å²) in [5.74, 6) is 0.769. The maximum absolute atomic E-state index is 3.69. The van der Waals surface area contributed by atoms with Crippen molar-refractivity contribution in [3.63, 3.8) is 0 Å². The molecule has 0 saturated carbocycles. The molecule has 1 aliphatic heterocycles. The molecule has 1 fully saturated rings. The van der Waals surface area contributed by atoms with E-state index in [2.05, 4.69) is 64.3 Å². The Balaban J connectivity index is 1.92. The summed E-state index contributed by atoms with van der Waals surface area (Å²) < 4.78 is 1.16. The van der Waals surface area contributed by atoms with Crippen LogP contribution in [-0.2, 0) is 6.54 Å². The molecule has 0 aliphatic carbocycles. The third-order valence-electron chi connectivity index (χ3n) is 3.64. The third kappa shape index (κ3) is 5.25. The number of halogens is 1. The Labute approximate surface area is 125 Å². The largest absolute Gasteiger partial charge is 0.313 e. The highest BCUT2D eigenvalue weighted by molar-refractivity contribution is 9.10. The summed E-state index contributed by atoms with van der Waals surface area (Å²) in [5, 5.41) is 3.69. The number of hydrogen-bond acceptors (Lipinski definition) is 2. The van der Waals surface area contributed by atoms with Crippen LogP contribution in [0.4, 0.5) is 0 Å². The molecule has 1 saturated heterocycles. The van der Waals surface area contributed by atoms with Gasteiger partial charge in [0, 0.05) is 23.6 Å². The van der Waals surface area contributed by atoms with Crippen LogP contribution in [0.3, 0.4) is 0 Å². The average Bonchev–Trinajstić information content (AvgIpc) is 2.57. The van der Waals surface area contributed by atoms with Crippen molar-refractivity contribution in [1.82, 2.24) is 10.2 Å². The molecule has 19 heavy (non-hydrogen) atoms. The van der Waals surface area contributed by atoms with Crippen molar-refractivity contribution >= 4 is 15.9 Å². The molecule has 0 bridgehead atoms. The summed E-state index contributed by atoms with van der Waals surface area (Å²) in [5.41, 5.74) is 1.41. The van der Waals surface area contributed by atoms with Crippen molar-refractivity contribution in [2.24, 2.45) is 5.92 Å². The first-order valence-electron chi connectivity index (χ1n) is 7.33. The second kappa shape index (κ2) is 7.41. The predicted molar refractivity (Wildman–Crippen MR) is 85.3 cm³/mol. The van der Waals surface area contributed by atoms with Crippen molar-refractivity contribution in [1.29, 1.82) is 0 Å². The zero-order valence-electron chi connectivity index (χ0n) is 12.0. The van der Waals surface area contributed by atoms with Crippen LogP contribution in [0.2, 0.25) is 0 Å². The van der Waals surface area contributed by atoms with Gasteiger partial charge >= 0.3 is 0 Å². The quantitative estimate of drug-likeness (QED) is 0.909. The summed E-state index contributed by atoms with van der Waals surface area (Å²) >= 11 is 3.50. The van der Waals surface area contributed by atoms with Crippen LogP contribution in [0.15, 0.2) is 28.7 Å². The van der Waals surface area contributed by atoms with Gasteiger partial charge in [-0.05, 0) is 49.5 Å². The van der Waals surface area contributed by atoms with E-state index in [0.29, 0.717) is 6.04 Å². The Morgan fingerprint density at radius 2 is 2.05 bits per heavy atom. The van der Waals surface area contributed by atoms with E-state index in [4.69, 9.17) is 0 Å². The van der Waals surface area contributed by atoms with E-state index in [-0.39, 0.29) is 0 Å². The predicted octanol–water partition coefficient (Wildman–Crippen LogP) is 3.66. The molecule has 2 rings (SSSR count). The van der Waals surface area contributed by atoms with Gasteiger partial charge in [0.25, 0.3) is 0 Å². The maximum atomic E-state index is 3.69. The molecule has 0 radical (unpaired) electrons. The Bertz CT molecular complexity index is 375. The molecule has 1 aromatic rings. The van der Waals surface area contributed by atoms with Gasteiger partial charge in [-0.25, -0.2) is 0 Å². The lowest BCUT2D eigenvalue weighted by atomic mass is 10.0. The topological polar surface area (TPSA) is 15.3 Å². The van der Waals surface area contributed by atoms with Gasteiger partial charge in [0.15, 0.2) is 0 Å². The molecule has 0 amide bonds. The van der Waals surface area contributed by atoms with Crippen molar-refractivity contribution in [2.45, 2.75) is 39.3 Å². The van der Waals surface area contributed by atoms with Crippen LogP contribution < -0.4 is 5.32 Å². The molecular formula is C16H25BrN2. The first-order chi connectivity index (χ1) is 9.13. The van der Waals surface area contributed by atoms with Gasteiger partial charge in [-0.2, -0.15) is 0 Å². The summed E-state index contributed by atoms with van der Waals surface area (Å²) in [6, 6.07) is 9.37. The van der Waals surface area contributed by atoms with Gasteiger partial charge in [0.1, 0.15) is 0 Å². The van der Waals surface area contributed by atoms with E-state index >= 15 is 0 Å². The molecule has 3 heteroatoms. The Hall–Kier alpha value is -0.380. The fourth-order valence-electron chi connectivity index (χ4n) is 2.79. The number of rotatable bonds is 4. The lowest BCUT2D eigenvalue weighted by molar-refractivity contribution is 0.248. The minimum atomic E-state index is 0.651. The van der Waals surface area contributed by atoms with E-state index in [9.17, 15) is 0 Å². The minimum Gasteiger partial charge on any atom is -0.313 e. The Morgan fingerprint density at radius 1 is 1.32 bits per heavy atom. The maximum Gasteiger partial charge on any atom is 0.0234 e. The van der Waals surface area contributed by atoms with Crippen LogP contribution >= 0.6 is 15.9 Å². The average molecular weight is 325 g/mol. The molecule has 2 nitrogen and oxygen atoms in total. The zero-order valence-corrected chi connectivity index (χ0v) is 13.6. The smallest absolute Gasteiger partial charge is 0.0234 e. The lowest BCUT2D eigenvalue weighted by Crippen LogP contribution is -2.38. The summed E-state index contributed by atoms with van der Waals surface area (Å²) in [6.45, 7) is 9.24. The number of benzene rings is 1. The second-order valence-electron chi connectivity index (χ2n) is 6.00. The number of nitrogens with zero attached hydrogens (tertiary/aromatic N) is 1. The van der Waals surface area contributed by atoms with Crippen molar-refractivity contribution in [3.05, 3.63) is 34.3 Å². The minimum absolute atomic E-state index is 0.651. The third-order valence-corrected chi connectivity index (χ3v) is 4.17. The van der Waals surface area contributed by atoms with E-state index in [1.807, 2.05) is 0 Å². The molecule has 0 spiro atoms. The van der Waals surface area contributed by atoms with Crippen LogP contribution in [0.5, 0.6) is 0 Å². The van der Waals surface area contributed by atoms with Gasteiger partial charge < -0.3 is 5.32 Å². The van der Waals surface area contributed by atoms with Crippen LogP contribution in [0.1, 0.15) is 32.3 Å². The van der Waals surface area contributed by atoms with Crippen molar-refractivity contribution in [3.8, 4) is 0 Å². The molecule has 1 N–H and O–H groups in total. The SMILES string of the molecule is CC(C)C[C@H]1CN(Cc2ccc(Br)cc2)CCCN1. The molecule has 0 aromatic heterocycles. The first kappa shape index (κ1) is 15.0. The number of hydrogen-bond donors (Lipinski definition) is 1.